The molecule has 0 aromatic heterocycles. The second-order valence-electron chi connectivity index (χ2n) is 17.8. The van der Waals surface area contributed by atoms with E-state index in [2.05, 4.69) is 81.5 Å². The fraction of sp³-hybridized carbons (Fsp3) is 0.772. The molecule has 0 N–H and O–H groups in total. The standard InChI is InChI=1S/C57H100O6/c1-4-7-10-13-16-19-22-24-26-28-29-31-32-35-38-41-44-47-50-56(59)62-53-54(52-61-55(58)49-46-43-40-37-34-21-18-15-12-9-6-3)63-57(60)51-48-45-42-39-36-33-30-27-25-23-20-17-14-11-8-5-2/h8,11,15,17-18,20-21,25,27,34,54H,4-7,9-10,12-14,16,19,22-24,26,28-33,35-53H2,1-3H3/b11-8-,18-15-,20-17-,27-25-,34-21-. The van der Waals surface area contributed by atoms with Crippen molar-refractivity contribution in [1.82, 2.24) is 0 Å². The van der Waals surface area contributed by atoms with Crippen molar-refractivity contribution < 1.29 is 28.6 Å². The minimum absolute atomic E-state index is 0.0861. The molecule has 6 nitrogen and oxygen atoms in total. The maximum atomic E-state index is 12.8. The number of carbonyl (C=O) groups excluding carboxylic acids is 3. The van der Waals surface area contributed by atoms with Crippen molar-refractivity contribution in [1.29, 1.82) is 0 Å². The molecule has 0 aromatic rings. The van der Waals surface area contributed by atoms with E-state index in [9.17, 15) is 14.4 Å². The van der Waals surface area contributed by atoms with E-state index in [-0.39, 0.29) is 31.1 Å². The molecule has 0 rings (SSSR count). The van der Waals surface area contributed by atoms with E-state index in [1.807, 2.05) is 0 Å². The Morgan fingerprint density at radius 1 is 0.349 bits per heavy atom. The van der Waals surface area contributed by atoms with Gasteiger partial charge in [-0.05, 0) is 70.6 Å². The van der Waals surface area contributed by atoms with Gasteiger partial charge in [-0.25, -0.2) is 0 Å². The number of esters is 3. The van der Waals surface area contributed by atoms with Crippen LogP contribution < -0.4 is 0 Å². The molecule has 0 saturated heterocycles. The summed E-state index contributed by atoms with van der Waals surface area (Å²) in [6, 6.07) is 0. The molecule has 364 valence electrons. The Morgan fingerprint density at radius 3 is 1.13 bits per heavy atom. The van der Waals surface area contributed by atoms with E-state index in [0.29, 0.717) is 19.3 Å². The molecular formula is C57H100O6. The summed E-state index contributed by atoms with van der Waals surface area (Å²) in [5.41, 5.74) is 0. The van der Waals surface area contributed by atoms with Crippen LogP contribution in [0.2, 0.25) is 0 Å². The Bertz CT molecular complexity index is 1150. The summed E-state index contributed by atoms with van der Waals surface area (Å²) >= 11 is 0. The Kier molecular flexibility index (Phi) is 49.4. The minimum atomic E-state index is -0.789. The smallest absolute Gasteiger partial charge is 0.306 e. The van der Waals surface area contributed by atoms with Crippen molar-refractivity contribution in [3.63, 3.8) is 0 Å². The van der Waals surface area contributed by atoms with Gasteiger partial charge in [0.25, 0.3) is 0 Å². The summed E-state index contributed by atoms with van der Waals surface area (Å²) in [7, 11) is 0. The van der Waals surface area contributed by atoms with Crippen LogP contribution >= 0.6 is 0 Å². The normalized spacial score (nSPS) is 12.5. The van der Waals surface area contributed by atoms with Crippen LogP contribution in [0.5, 0.6) is 0 Å². The molecule has 0 heterocycles. The average Bonchev–Trinajstić information content (AvgIpc) is 3.28. The van der Waals surface area contributed by atoms with Crippen LogP contribution in [-0.4, -0.2) is 37.2 Å². The Morgan fingerprint density at radius 2 is 0.683 bits per heavy atom. The van der Waals surface area contributed by atoms with Crippen molar-refractivity contribution in [3.05, 3.63) is 60.8 Å². The zero-order valence-electron chi connectivity index (χ0n) is 41.6. The lowest BCUT2D eigenvalue weighted by molar-refractivity contribution is -0.167. The number of ether oxygens (including phenoxy) is 3. The van der Waals surface area contributed by atoms with Crippen LogP contribution in [0.4, 0.5) is 0 Å². The highest BCUT2D eigenvalue weighted by Gasteiger charge is 2.19. The molecule has 63 heavy (non-hydrogen) atoms. The lowest BCUT2D eigenvalue weighted by atomic mass is 10.0. The molecule has 6 heteroatoms. The highest BCUT2D eigenvalue weighted by atomic mass is 16.6. The van der Waals surface area contributed by atoms with Crippen molar-refractivity contribution in [3.8, 4) is 0 Å². The molecule has 1 atom stereocenters. The molecule has 0 aliphatic carbocycles. The quantitative estimate of drug-likeness (QED) is 0.0199. The van der Waals surface area contributed by atoms with E-state index < -0.39 is 6.10 Å². The zero-order valence-corrected chi connectivity index (χ0v) is 41.6. The van der Waals surface area contributed by atoms with Gasteiger partial charge in [0.15, 0.2) is 6.10 Å². The van der Waals surface area contributed by atoms with Gasteiger partial charge in [0, 0.05) is 19.3 Å². The summed E-state index contributed by atoms with van der Waals surface area (Å²) in [6.45, 7) is 6.46. The number of carbonyl (C=O) groups is 3. The Labute approximate surface area is 390 Å². The number of allylic oxidation sites excluding steroid dienone is 10. The fourth-order valence-electron chi connectivity index (χ4n) is 7.49. The third-order valence-electron chi connectivity index (χ3n) is 11.5. The van der Waals surface area contributed by atoms with Gasteiger partial charge in [-0.2, -0.15) is 0 Å². The first-order valence-electron chi connectivity index (χ1n) is 26.8. The third-order valence-corrected chi connectivity index (χ3v) is 11.5. The highest BCUT2D eigenvalue weighted by Crippen LogP contribution is 2.16. The largest absolute Gasteiger partial charge is 0.462 e. The summed E-state index contributed by atoms with van der Waals surface area (Å²) < 4.78 is 16.8. The molecule has 0 radical (unpaired) electrons. The molecule has 0 bridgehead atoms. The number of hydrogen-bond donors (Lipinski definition) is 0. The van der Waals surface area contributed by atoms with Crippen molar-refractivity contribution in [2.75, 3.05) is 13.2 Å². The monoisotopic (exact) mass is 881 g/mol. The zero-order chi connectivity index (χ0) is 45.8. The lowest BCUT2D eigenvalue weighted by Crippen LogP contribution is -2.30. The first kappa shape index (κ1) is 60.1. The molecule has 0 aliphatic rings. The van der Waals surface area contributed by atoms with Gasteiger partial charge in [0.05, 0.1) is 0 Å². The van der Waals surface area contributed by atoms with Crippen molar-refractivity contribution in [2.45, 2.75) is 271 Å². The van der Waals surface area contributed by atoms with Gasteiger partial charge in [0.1, 0.15) is 13.2 Å². The van der Waals surface area contributed by atoms with E-state index in [1.54, 1.807) is 0 Å². The molecule has 0 saturated carbocycles. The Hall–Kier alpha value is -2.89. The average molecular weight is 881 g/mol. The van der Waals surface area contributed by atoms with Gasteiger partial charge in [0.2, 0.25) is 0 Å². The van der Waals surface area contributed by atoms with E-state index in [4.69, 9.17) is 14.2 Å². The SMILES string of the molecule is CC/C=C\C/C=C\C/C=C\CCCCCCCCC(=O)OC(COC(=O)CCCCC/C=C\C=C/CCCC)COC(=O)CCCCCCCCCCCCCCCCCCCC. The van der Waals surface area contributed by atoms with Crippen LogP contribution in [0.15, 0.2) is 60.8 Å². The first-order valence-corrected chi connectivity index (χ1v) is 26.8. The molecule has 0 spiro atoms. The molecule has 0 amide bonds. The number of unbranched alkanes of at least 4 members (excludes halogenated alkanes) is 28. The summed E-state index contributed by atoms with van der Waals surface area (Å²) in [5.74, 6) is -0.921. The van der Waals surface area contributed by atoms with Crippen LogP contribution in [0.1, 0.15) is 265 Å². The predicted molar refractivity (Wildman–Crippen MR) is 270 cm³/mol. The van der Waals surface area contributed by atoms with Crippen molar-refractivity contribution in [2.24, 2.45) is 0 Å². The predicted octanol–water partition coefficient (Wildman–Crippen LogP) is 17.6. The molecule has 0 fully saturated rings. The van der Waals surface area contributed by atoms with E-state index in [0.717, 1.165) is 103 Å². The van der Waals surface area contributed by atoms with Gasteiger partial charge in [-0.15, -0.1) is 0 Å². The molecule has 0 aliphatic heterocycles. The van der Waals surface area contributed by atoms with Crippen LogP contribution in [0, 0.1) is 0 Å². The molecular weight excluding hydrogens is 781 g/mol. The second-order valence-corrected chi connectivity index (χ2v) is 17.8. The number of hydrogen-bond acceptors (Lipinski definition) is 6. The minimum Gasteiger partial charge on any atom is -0.462 e. The van der Waals surface area contributed by atoms with Gasteiger partial charge in [-0.3, -0.25) is 14.4 Å². The first-order chi connectivity index (χ1) is 31.0. The topological polar surface area (TPSA) is 78.9 Å². The summed E-state index contributed by atoms with van der Waals surface area (Å²) in [6.07, 6.45) is 63.5. The van der Waals surface area contributed by atoms with Gasteiger partial charge < -0.3 is 14.2 Å². The van der Waals surface area contributed by atoms with Crippen LogP contribution in [0.3, 0.4) is 0 Å². The second kappa shape index (κ2) is 51.7. The van der Waals surface area contributed by atoms with Crippen molar-refractivity contribution >= 4 is 17.9 Å². The third kappa shape index (κ3) is 50.0. The van der Waals surface area contributed by atoms with Crippen LogP contribution in [0.25, 0.3) is 0 Å². The molecule has 0 aromatic carbocycles. The van der Waals surface area contributed by atoms with Gasteiger partial charge >= 0.3 is 17.9 Å². The van der Waals surface area contributed by atoms with Gasteiger partial charge in [-0.1, -0.05) is 236 Å². The van der Waals surface area contributed by atoms with E-state index in [1.165, 1.54) is 122 Å². The Balaban J connectivity index is 4.36. The lowest BCUT2D eigenvalue weighted by Gasteiger charge is -2.18. The fourth-order valence-corrected chi connectivity index (χ4v) is 7.49. The van der Waals surface area contributed by atoms with Crippen LogP contribution in [-0.2, 0) is 28.6 Å². The maximum absolute atomic E-state index is 12.8. The maximum Gasteiger partial charge on any atom is 0.306 e. The highest BCUT2D eigenvalue weighted by molar-refractivity contribution is 5.71. The summed E-state index contributed by atoms with van der Waals surface area (Å²) in [4.78, 5) is 38.0. The number of rotatable bonds is 48. The molecule has 1 unspecified atom stereocenters. The van der Waals surface area contributed by atoms with E-state index >= 15 is 0 Å². The summed E-state index contributed by atoms with van der Waals surface area (Å²) in [5, 5.41) is 0.